The summed E-state index contributed by atoms with van der Waals surface area (Å²) in [6.45, 7) is 6.45. The highest BCUT2D eigenvalue weighted by Crippen LogP contribution is 2.14. The second-order valence-electron chi connectivity index (χ2n) is 6.53. The van der Waals surface area contributed by atoms with Gasteiger partial charge in [0.1, 0.15) is 16.8 Å². The number of carbonyl (C=O) groups is 1. The van der Waals surface area contributed by atoms with Crippen LogP contribution >= 0.6 is 0 Å². The normalized spacial score (nSPS) is 14.6. The van der Waals surface area contributed by atoms with Gasteiger partial charge in [-0.3, -0.25) is 4.79 Å². The Morgan fingerprint density at radius 2 is 1.77 bits per heavy atom. The molecule has 2 rings (SSSR count). The number of ether oxygens (including phenoxy) is 1. The summed E-state index contributed by atoms with van der Waals surface area (Å²) in [5, 5.41) is 0. The Bertz CT molecular complexity index is 716. The Morgan fingerprint density at radius 1 is 1.12 bits per heavy atom. The minimum absolute atomic E-state index is 0.0754. The molecule has 0 aliphatic heterocycles. The summed E-state index contributed by atoms with van der Waals surface area (Å²) in [5.41, 5.74) is 2.23. The molecule has 0 aliphatic rings. The molecule has 0 saturated heterocycles. The molecular formula is C21H27NO3S. The third-order valence-electron chi connectivity index (χ3n) is 4.42. The highest BCUT2D eigenvalue weighted by molar-refractivity contribution is 7.83. The molecule has 2 aromatic rings. The van der Waals surface area contributed by atoms with E-state index in [1.807, 2.05) is 68.4 Å². The van der Waals surface area contributed by atoms with Gasteiger partial charge in [0.25, 0.3) is 0 Å². The zero-order valence-corrected chi connectivity index (χ0v) is 16.4. The molecule has 0 aromatic heterocycles. The van der Waals surface area contributed by atoms with E-state index in [0.717, 1.165) is 11.1 Å². The first kappa shape index (κ1) is 20.5. The van der Waals surface area contributed by atoms with Gasteiger partial charge >= 0.3 is 0 Å². The van der Waals surface area contributed by atoms with Gasteiger partial charge < -0.3 is 4.74 Å². The molecule has 4 nitrogen and oxygen atoms in total. The molecule has 0 bridgehead atoms. The standard InChI is InChI=1S/C21H27NO3S/c1-16-9-11-20(12-10-16)26(24)22-21(17(2)18(3)23)13-14-25-15-19-7-5-4-6-8-19/h4-12,17,21-22H,13-15H2,1-3H3/t17-,21+,26+/m1/s1. The van der Waals surface area contributed by atoms with Gasteiger partial charge in [-0.25, -0.2) is 8.93 Å². The first-order chi connectivity index (χ1) is 12.5. The lowest BCUT2D eigenvalue weighted by molar-refractivity contribution is -0.121. The van der Waals surface area contributed by atoms with E-state index in [1.54, 1.807) is 6.92 Å². The SMILES string of the molecule is CC(=O)[C@@H](C)[C@H](CCOCc1ccccc1)N[S@@](=O)c1ccc(C)cc1. The van der Waals surface area contributed by atoms with Gasteiger partial charge in [-0.1, -0.05) is 55.0 Å². The van der Waals surface area contributed by atoms with Crippen molar-refractivity contribution in [1.82, 2.24) is 4.72 Å². The Hall–Kier alpha value is -1.82. The fourth-order valence-corrected chi connectivity index (χ4v) is 3.65. The van der Waals surface area contributed by atoms with Crippen molar-refractivity contribution >= 4 is 16.8 Å². The fourth-order valence-electron chi connectivity index (χ4n) is 2.54. The zero-order chi connectivity index (χ0) is 18.9. The smallest absolute Gasteiger partial charge is 0.134 e. The van der Waals surface area contributed by atoms with E-state index in [-0.39, 0.29) is 17.7 Å². The first-order valence-corrected chi connectivity index (χ1v) is 9.99. The van der Waals surface area contributed by atoms with Gasteiger partial charge in [0, 0.05) is 18.6 Å². The quantitative estimate of drug-likeness (QED) is 0.645. The number of hydrogen-bond donors (Lipinski definition) is 1. The topological polar surface area (TPSA) is 55.4 Å². The van der Waals surface area contributed by atoms with Crippen LogP contribution in [0.2, 0.25) is 0 Å². The van der Waals surface area contributed by atoms with Crippen LogP contribution in [-0.4, -0.2) is 22.6 Å². The van der Waals surface area contributed by atoms with Gasteiger partial charge in [0.05, 0.1) is 11.5 Å². The molecule has 1 N–H and O–H groups in total. The lowest BCUT2D eigenvalue weighted by Crippen LogP contribution is -2.40. The second-order valence-corrected chi connectivity index (χ2v) is 7.78. The van der Waals surface area contributed by atoms with E-state index in [0.29, 0.717) is 24.5 Å². The summed E-state index contributed by atoms with van der Waals surface area (Å²) in [6, 6.07) is 17.3. The lowest BCUT2D eigenvalue weighted by atomic mass is 9.96. The van der Waals surface area contributed by atoms with Crippen molar-refractivity contribution in [3.05, 3.63) is 65.7 Å². The molecule has 5 heteroatoms. The van der Waals surface area contributed by atoms with Gasteiger partial charge in [-0.15, -0.1) is 0 Å². The van der Waals surface area contributed by atoms with Crippen molar-refractivity contribution in [2.75, 3.05) is 6.61 Å². The van der Waals surface area contributed by atoms with Crippen molar-refractivity contribution in [3.8, 4) is 0 Å². The minimum Gasteiger partial charge on any atom is -0.377 e. The van der Waals surface area contributed by atoms with Gasteiger partial charge in [0.2, 0.25) is 0 Å². The van der Waals surface area contributed by atoms with Crippen LogP contribution in [0.5, 0.6) is 0 Å². The largest absolute Gasteiger partial charge is 0.377 e. The number of rotatable bonds is 10. The number of benzene rings is 2. The number of ketones is 1. The molecule has 0 amide bonds. The summed E-state index contributed by atoms with van der Waals surface area (Å²) in [4.78, 5) is 12.5. The first-order valence-electron chi connectivity index (χ1n) is 8.84. The summed E-state index contributed by atoms with van der Waals surface area (Å²) in [5.74, 6) is -0.156. The van der Waals surface area contributed by atoms with E-state index in [2.05, 4.69) is 4.72 Å². The Kier molecular flexibility index (Phi) is 8.16. The van der Waals surface area contributed by atoms with Crippen LogP contribution in [-0.2, 0) is 27.1 Å². The van der Waals surface area contributed by atoms with E-state index in [9.17, 15) is 9.00 Å². The third kappa shape index (κ3) is 6.48. The number of Topliss-reactive ketones (excluding diaryl/α,β-unsaturated/α-hetero) is 1. The average molecular weight is 374 g/mol. The highest BCUT2D eigenvalue weighted by Gasteiger charge is 2.23. The second kappa shape index (κ2) is 10.4. The maximum absolute atomic E-state index is 12.6. The van der Waals surface area contributed by atoms with Gasteiger partial charge in [-0.2, -0.15) is 0 Å². The fraction of sp³-hybridized carbons (Fsp3) is 0.381. The molecule has 0 unspecified atom stereocenters. The average Bonchev–Trinajstić information content (AvgIpc) is 2.64. The van der Waals surface area contributed by atoms with Crippen LogP contribution < -0.4 is 4.72 Å². The Balaban J connectivity index is 1.91. The van der Waals surface area contributed by atoms with Crippen LogP contribution in [0, 0.1) is 12.8 Å². The maximum Gasteiger partial charge on any atom is 0.134 e. The van der Waals surface area contributed by atoms with Crippen molar-refractivity contribution in [3.63, 3.8) is 0 Å². The Labute approximate surface area is 158 Å². The van der Waals surface area contributed by atoms with Crippen LogP contribution in [0.1, 0.15) is 31.4 Å². The van der Waals surface area contributed by atoms with Crippen molar-refractivity contribution < 1.29 is 13.7 Å². The molecule has 0 heterocycles. The molecule has 0 fully saturated rings. The lowest BCUT2D eigenvalue weighted by Gasteiger charge is -2.23. The van der Waals surface area contributed by atoms with E-state index < -0.39 is 11.0 Å². The summed E-state index contributed by atoms with van der Waals surface area (Å²) in [7, 11) is -1.36. The summed E-state index contributed by atoms with van der Waals surface area (Å²) < 4.78 is 21.4. The maximum atomic E-state index is 12.6. The van der Waals surface area contributed by atoms with Crippen LogP contribution in [0.3, 0.4) is 0 Å². The monoisotopic (exact) mass is 373 g/mol. The summed E-state index contributed by atoms with van der Waals surface area (Å²) in [6.07, 6.45) is 0.616. The predicted octanol–water partition coefficient (Wildman–Crippen LogP) is 3.81. The Morgan fingerprint density at radius 3 is 2.38 bits per heavy atom. The number of aryl methyl sites for hydroxylation is 1. The summed E-state index contributed by atoms with van der Waals surface area (Å²) >= 11 is 0. The molecule has 140 valence electrons. The van der Waals surface area contributed by atoms with E-state index in [1.165, 1.54) is 0 Å². The molecule has 2 aromatic carbocycles. The number of hydrogen-bond acceptors (Lipinski definition) is 3. The molecule has 0 saturated carbocycles. The molecule has 0 radical (unpaired) electrons. The van der Waals surface area contributed by atoms with Crippen LogP contribution in [0.4, 0.5) is 0 Å². The van der Waals surface area contributed by atoms with Crippen LogP contribution in [0.15, 0.2) is 59.5 Å². The van der Waals surface area contributed by atoms with Crippen molar-refractivity contribution in [2.24, 2.45) is 5.92 Å². The van der Waals surface area contributed by atoms with Gasteiger partial charge in [-0.05, 0) is 38.0 Å². The molecular weight excluding hydrogens is 346 g/mol. The van der Waals surface area contributed by atoms with Gasteiger partial charge in [0.15, 0.2) is 0 Å². The molecule has 0 spiro atoms. The van der Waals surface area contributed by atoms with E-state index >= 15 is 0 Å². The number of nitrogens with one attached hydrogen (secondary N) is 1. The van der Waals surface area contributed by atoms with E-state index in [4.69, 9.17) is 4.74 Å². The van der Waals surface area contributed by atoms with Crippen LogP contribution in [0.25, 0.3) is 0 Å². The van der Waals surface area contributed by atoms with Crippen molar-refractivity contribution in [2.45, 2.75) is 44.7 Å². The zero-order valence-electron chi connectivity index (χ0n) is 15.6. The highest BCUT2D eigenvalue weighted by atomic mass is 32.2. The third-order valence-corrected chi connectivity index (χ3v) is 5.64. The minimum atomic E-state index is -1.36. The molecule has 0 aliphatic carbocycles. The molecule has 3 atom stereocenters. The number of carbonyl (C=O) groups excluding carboxylic acids is 1. The van der Waals surface area contributed by atoms with Crippen molar-refractivity contribution in [1.29, 1.82) is 0 Å². The predicted molar refractivity (Wildman–Crippen MR) is 105 cm³/mol. The molecule has 26 heavy (non-hydrogen) atoms.